The smallest absolute Gasteiger partial charge is 0.101 e. The fraction of sp³-hybridized carbons (Fsp3) is 0.300. The van der Waals surface area contributed by atoms with E-state index in [4.69, 9.17) is 22.0 Å². The Bertz CT molecular complexity index is 360. The van der Waals surface area contributed by atoms with Gasteiger partial charge in [0.15, 0.2) is 0 Å². The molecule has 14 heavy (non-hydrogen) atoms. The van der Waals surface area contributed by atoms with Crippen LogP contribution in [0.25, 0.3) is 0 Å². The number of hydrogen-bond acceptors (Lipinski definition) is 3. The van der Waals surface area contributed by atoms with Crippen molar-refractivity contribution in [2.45, 2.75) is 0 Å². The van der Waals surface area contributed by atoms with Gasteiger partial charge in [0.25, 0.3) is 0 Å². The third-order valence-corrected chi connectivity index (χ3v) is 2.26. The molecule has 0 aromatic heterocycles. The zero-order valence-corrected chi connectivity index (χ0v) is 8.62. The van der Waals surface area contributed by atoms with E-state index < -0.39 is 0 Å². The third kappa shape index (κ3) is 2.38. The maximum atomic E-state index is 8.74. The van der Waals surface area contributed by atoms with Gasteiger partial charge in [-0.05, 0) is 18.2 Å². The van der Waals surface area contributed by atoms with Gasteiger partial charge < -0.3 is 10.0 Å². The van der Waals surface area contributed by atoms with Gasteiger partial charge in [-0.3, -0.25) is 0 Å². The molecule has 0 heterocycles. The van der Waals surface area contributed by atoms with Gasteiger partial charge in [-0.25, -0.2) is 0 Å². The minimum Gasteiger partial charge on any atom is -0.395 e. The van der Waals surface area contributed by atoms with Gasteiger partial charge in [0.05, 0.1) is 17.2 Å². The summed E-state index contributed by atoms with van der Waals surface area (Å²) in [4.78, 5) is 1.87. The highest BCUT2D eigenvalue weighted by atomic mass is 35.5. The van der Waals surface area contributed by atoms with Crippen LogP contribution in [0.3, 0.4) is 0 Å². The Kier molecular flexibility index (Phi) is 3.75. The molecule has 1 rings (SSSR count). The van der Waals surface area contributed by atoms with Crippen LogP contribution in [0.2, 0.25) is 5.02 Å². The molecule has 0 spiro atoms. The number of likely N-dealkylation sites (N-methyl/N-ethyl adjacent to an activating group) is 1. The van der Waals surface area contributed by atoms with Crippen LogP contribution in [0.5, 0.6) is 0 Å². The van der Waals surface area contributed by atoms with Gasteiger partial charge in [-0.2, -0.15) is 5.26 Å². The molecule has 0 saturated carbocycles. The molecule has 1 aromatic rings. The number of aliphatic hydroxyl groups is 1. The van der Waals surface area contributed by atoms with Gasteiger partial charge in [0, 0.05) is 19.3 Å². The lowest BCUT2D eigenvalue weighted by atomic mass is 10.2. The molecule has 0 aliphatic rings. The molecule has 0 bridgehead atoms. The highest BCUT2D eigenvalue weighted by Crippen LogP contribution is 2.22. The first kappa shape index (κ1) is 10.8. The summed E-state index contributed by atoms with van der Waals surface area (Å²) in [6, 6.07) is 7.19. The Balaban J connectivity index is 2.92. The van der Waals surface area contributed by atoms with Crippen LogP contribution < -0.4 is 4.90 Å². The number of nitriles is 1. The second kappa shape index (κ2) is 4.85. The molecule has 0 amide bonds. The van der Waals surface area contributed by atoms with Gasteiger partial charge in [-0.1, -0.05) is 11.6 Å². The quantitative estimate of drug-likeness (QED) is 0.825. The summed E-state index contributed by atoms with van der Waals surface area (Å²) in [5.41, 5.74) is 1.36. The van der Waals surface area contributed by atoms with Crippen molar-refractivity contribution in [2.24, 2.45) is 0 Å². The first-order chi connectivity index (χ1) is 6.69. The summed E-state index contributed by atoms with van der Waals surface area (Å²) >= 11 is 5.86. The van der Waals surface area contributed by atoms with E-state index in [1.807, 2.05) is 18.0 Å². The molecule has 3 nitrogen and oxygen atoms in total. The number of anilines is 1. The summed E-state index contributed by atoms with van der Waals surface area (Å²) < 4.78 is 0. The molecule has 1 N–H and O–H groups in total. The molecule has 4 heteroatoms. The molecular formula is C10H11ClN2O. The van der Waals surface area contributed by atoms with Crippen molar-refractivity contribution in [3.8, 4) is 6.07 Å². The van der Waals surface area contributed by atoms with E-state index in [9.17, 15) is 0 Å². The number of rotatable bonds is 3. The average Bonchev–Trinajstić information content (AvgIpc) is 2.18. The van der Waals surface area contributed by atoms with Crippen LogP contribution in [0.4, 0.5) is 5.69 Å². The largest absolute Gasteiger partial charge is 0.395 e. The Morgan fingerprint density at radius 1 is 1.57 bits per heavy atom. The van der Waals surface area contributed by atoms with Crippen LogP contribution in [0.15, 0.2) is 18.2 Å². The summed E-state index contributed by atoms with van der Waals surface area (Å²) in [5.74, 6) is 0. The van der Waals surface area contributed by atoms with Gasteiger partial charge >= 0.3 is 0 Å². The van der Waals surface area contributed by atoms with Crippen molar-refractivity contribution in [1.82, 2.24) is 0 Å². The fourth-order valence-corrected chi connectivity index (χ4v) is 1.33. The van der Waals surface area contributed by atoms with Gasteiger partial charge in [0.1, 0.15) is 6.07 Å². The molecule has 0 aliphatic carbocycles. The van der Waals surface area contributed by atoms with Gasteiger partial charge in [-0.15, -0.1) is 0 Å². The van der Waals surface area contributed by atoms with Crippen molar-refractivity contribution < 1.29 is 5.11 Å². The first-order valence-corrected chi connectivity index (χ1v) is 4.58. The third-order valence-electron chi connectivity index (χ3n) is 1.95. The Morgan fingerprint density at radius 3 is 2.79 bits per heavy atom. The average molecular weight is 211 g/mol. The fourth-order valence-electron chi connectivity index (χ4n) is 1.11. The second-order valence-corrected chi connectivity index (χ2v) is 3.33. The molecule has 0 aliphatic heterocycles. The van der Waals surface area contributed by atoms with Gasteiger partial charge in [0.2, 0.25) is 0 Å². The van der Waals surface area contributed by atoms with E-state index in [1.165, 1.54) is 0 Å². The van der Waals surface area contributed by atoms with Crippen LogP contribution in [-0.2, 0) is 0 Å². The monoisotopic (exact) mass is 210 g/mol. The first-order valence-electron chi connectivity index (χ1n) is 4.20. The molecule has 1 aromatic carbocycles. The van der Waals surface area contributed by atoms with Crippen molar-refractivity contribution in [3.05, 3.63) is 28.8 Å². The predicted molar refractivity (Wildman–Crippen MR) is 56.5 cm³/mol. The summed E-state index contributed by atoms with van der Waals surface area (Å²) in [6.45, 7) is 0.635. The lowest BCUT2D eigenvalue weighted by Crippen LogP contribution is -2.20. The van der Waals surface area contributed by atoms with Crippen LogP contribution in [-0.4, -0.2) is 25.3 Å². The molecule has 0 fully saturated rings. The van der Waals surface area contributed by atoms with Crippen molar-refractivity contribution in [1.29, 1.82) is 5.26 Å². The molecule has 74 valence electrons. The van der Waals surface area contributed by atoms with Crippen molar-refractivity contribution in [3.63, 3.8) is 0 Å². The Labute approximate surface area is 88.1 Å². The lowest BCUT2D eigenvalue weighted by Gasteiger charge is -2.18. The van der Waals surface area contributed by atoms with Crippen LogP contribution in [0, 0.1) is 11.3 Å². The Hall–Kier alpha value is -1.24. The molecule has 0 saturated heterocycles. The summed E-state index contributed by atoms with van der Waals surface area (Å²) in [6.07, 6.45) is 0. The molecular weight excluding hydrogens is 200 g/mol. The predicted octanol–water partition coefficient (Wildman–Crippen LogP) is 1.64. The minimum absolute atomic E-state index is 0.0914. The summed E-state index contributed by atoms with van der Waals surface area (Å²) in [5, 5.41) is 17.8. The minimum atomic E-state index is 0.0914. The normalized spacial score (nSPS) is 9.57. The SMILES string of the molecule is CN(CCO)c1ccc(C#N)c(Cl)c1. The summed E-state index contributed by atoms with van der Waals surface area (Å²) in [7, 11) is 1.86. The molecule has 0 atom stereocenters. The molecule has 0 radical (unpaired) electrons. The second-order valence-electron chi connectivity index (χ2n) is 2.92. The number of hydrogen-bond donors (Lipinski definition) is 1. The van der Waals surface area contributed by atoms with Crippen LogP contribution in [0.1, 0.15) is 5.56 Å². The number of benzene rings is 1. The van der Waals surface area contributed by atoms with Crippen LogP contribution >= 0.6 is 11.6 Å². The van der Waals surface area contributed by atoms with E-state index in [1.54, 1.807) is 18.2 Å². The van der Waals surface area contributed by atoms with E-state index in [0.717, 1.165) is 5.69 Å². The Morgan fingerprint density at radius 2 is 2.29 bits per heavy atom. The van der Waals surface area contributed by atoms with E-state index in [2.05, 4.69) is 0 Å². The number of nitrogens with zero attached hydrogens (tertiary/aromatic N) is 2. The van der Waals surface area contributed by atoms with E-state index in [-0.39, 0.29) is 6.61 Å². The molecule has 0 unspecified atom stereocenters. The maximum Gasteiger partial charge on any atom is 0.101 e. The highest BCUT2D eigenvalue weighted by molar-refractivity contribution is 6.32. The van der Waals surface area contributed by atoms with E-state index in [0.29, 0.717) is 17.1 Å². The zero-order chi connectivity index (χ0) is 10.6. The standard InChI is InChI=1S/C10H11ClN2O/c1-13(4-5-14)9-3-2-8(7-12)10(11)6-9/h2-3,6,14H,4-5H2,1H3. The topological polar surface area (TPSA) is 47.3 Å². The zero-order valence-electron chi connectivity index (χ0n) is 7.87. The van der Waals surface area contributed by atoms with Crippen molar-refractivity contribution >= 4 is 17.3 Å². The highest BCUT2D eigenvalue weighted by Gasteiger charge is 2.04. The van der Waals surface area contributed by atoms with E-state index >= 15 is 0 Å². The number of halogens is 1. The lowest BCUT2D eigenvalue weighted by molar-refractivity contribution is 0.304. The number of aliphatic hydroxyl groups excluding tert-OH is 1. The maximum absolute atomic E-state index is 8.74. The van der Waals surface area contributed by atoms with Crippen molar-refractivity contribution in [2.75, 3.05) is 25.1 Å².